The van der Waals surface area contributed by atoms with Gasteiger partial charge in [0.05, 0.1) is 38.5 Å². The number of alkyl halides is 6. The summed E-state index contributed by atoms with van der Waals surface area (Å²) in [6.07, 6.45) is 5.48. The zero-order chi connectivity index (χ0) is 86.3. The van der Waals surface area contributed by atoms with Gasteiger partial charge >= 0.3 is 12.4 Å². The molecule has 8 heterocycles. The van der Waals surface area contributed by atoms with Crippen LogP contribution in [0.25, 0.3) is 132 Å². The normalized spacial score (nSPS) is 10.9. The number of hydrogen-bond donors (Lipinski definition) is 4. The molecule has 0 unspecified atom stereocenters. The molecule has 0 saturated carbocycles. The summed E-state index contributed by atoms with van der Waals surface area (Å²) in [6.45, 7) is 5.70. The van der Waals surface area contributed by atoms with Gasteiger partial charge in [0.2, 0.25) is 0 Å². The Kier molecular flexibility index (Phi) is 45.5. The molecule has 0 atom stereocenters. The minimum atomic E-state index is -4.96. The Morgan fingerprint density at radius 2 is 0.778 bits per heavy atom. The number of aromatic nitrogens is 7. The maximum Gasteiger partial charge on any atom is 0.454 e. The first kappa shape index (κ1) is 107. The Hall–Kier alpha value is -9.85. The van der Waals surface area contributed by atoms with Crippen LogP contribution in [-0.2, 0) is 59.4 Å². The molecule has 0 aliphatic heterocycles. The SMILES string of the molecule is CC(=O)C=C(C)O.CC(=O)C=C(C)O.O=C(C=C(O)c1ccccc1)C(F)(F)F.O=C(C=C(O)c1cccs1)C(F)(F)F.[Dy].[Eu].[Ir].[Ir].[Tb].[c-]1cc2ccccc2cc1-c1nccc2ccccc12.[c-]1ccc2ccccc2c1-c1ccccn1.[c-]1cccc2ccc3cccnc3c12.c1cnc2c(c1)ccc1cccnc12.c1cnc2c(c1)ccc1cccnc12. The van der Waals surface area contributed by atoms with Gasteiger partial charge in [-0.3, -0.25) is 39.1 Å². The predicted molar refractivity (Wildman–Crippen MR) is 470 cm³/mol. The van der Waals surface area contributed by atoms with E-state index in [-0.39, 0.29) is 212 Å². The number of aliphatic hydroxyl groups excluding tert-OH is 4. The van der Waals surface area contributed by atoms with Crippen molar-refractivity contribution < 1.29 is 232 Å². The first-order valence-electron chi connectivity index (χ1n) is 37.0. The van der Waals surface area contributed by atoms with Crippen molar-refractivity contribution in [2.24, 2.45) is 0 Å². The third-order valence-electron chi connectivity index (χ3n) is 17.1. The molecule has 10 aromatic carbocycles. The fourth-order valence-electron chi connectivity index (χ4n) is 11.8. The zero-order valence-corrected chi connectivity index (χ0v) is 79.1. The Morgan fingerprint density at radius 3 is 1.24 bits per heavy atom. The number of thiophene rings is 1. The Morgan fingerprint density at radius 1 is 0.365 bits per heavy atom. The summed E-state index contributed by atoms with van der Waals surface area (Å²) >= 11 is 1.05. The third-order valence-corrected chi connectivity index (χ3v) is 18.0. The number of allylic oxidation sites excluding steroid dienone is 6. The number of hydrogen-bond acceptors (Lipinski definition) is 16. The van der Waals surface area contributed by atoms with Crippen LogP contribution in [0.1, 0.15) is 38.1 Å². The summed E-state index contributed by atoms with van der Waals surface area (Å²) in [7, 11) is 0. The molecule has 18 aromatic rings. The summed E-state index contributed by atoms with van der Waals surface area (Å²) in [6, 6.07) is 100. The molecule has 126 heavy (non-hydrogen) atoms. The van der Waals surface area contributed by atoms with E-state index in [1.165, 1.54) is 113 Å². The van der Waals surface area contributed by atoms with Crippen molar-refractivity contribution in [2.75, 3.05) is 0 Å². The van der Waals surface area contributed by atoms with Gasteiger partial charge in [-0.2, -0.15) is 26.3 Å². The summed E-state index contributed by atoms with van der Waals surface area (Å²) in [4.78, 5) is 71.8. The topological polar surface area (TPSA) is 239 Å². The number of ketones is 4. The van der Waals surface area contributed by atoms with Crippen LogP contribution in [0, 0.1) is 144 Å². The molecule has 0 saturated heterocycles. The number of fused-ring (bicyclic) bond motifs is 12. The molecular weight excluding hydrogens is 2420 g/mol. The first-order chi connectivity index (χ1) is 58.3. The van der Waals surface area contributed by atoms with Crippen LogP contribution in [0.2, 0.25) is 0 Å². The molecule has 0 aliphatic rings. The average Bonchev–Trinajstić information content (AvgIpc) is 0.977. The quantitative estimate of drug-likeness (QED) is 0.0364. The van der Waals surface area contributed by atoms with Gasteiger partial charge in [-0.05, 0) is 115 Å². The number of carbonyl (C=O) groups is 4. The molecule has 15 nitrogen and oxygen atoms in total. The van der Waals surface area contributed by atoms with Gasteiger partial charge in [0.1, 0.15) is 11.5 Å². The van der Waals surface area contributed by atoms with Crippen molar-refractivity contribution in [1.82, 2.24) is 34.9 Å². The van der Waals surface area contributed by atoms with Crippen LogP contribution in [-0.4, -0.2) is 90.8 Å². The van der Waals surface area contributed by atoms with Crippen LogP contribution in [0.15, 0.2) is 364 Å². The minimum absolute atomic E-state index is 0. The van der Waals surface area contributed by atoms with E-state index in [9.17, 15) is 50.6 Å². The van der Waals surface area contributed by atoms with Crippen molar-refractivity contribution in [3.63, 3.8) is 0 Å². The zero-order valence-electron chi connectivity index (χ0n) is 66.9. The largest absolute Gasteiger partial charge is 0.512 e. The van der Waals surface area contributed by atoms with E-state index >= 15 is 0 Å². The van der Waals surface area contributed by atoms with E-state index in [1.807, 2.05) is 116 Å². The number of benzene rings is 10. The molecular formula is C99H74DyEuF6Ir2N7O8STb-3. The van der Waals surface area contributed by atoms with Crippen molar-refractivity contribution in [3.8, 4) is 22.5 Å². The van der Waals surface area contributed by atoms with Gasteiger partial charge in [-0.1, -0.05) is 199 Å². The van der Waals surface area contributed by atoms with Crippen molar-refractivity contribution >= 4 is 144 Å². The number of halogens is 6. The van der Waals surface area contributed by atoms with Crippen LogP contribution in [0.4, 0.5) is 26.3 Å². The number of carbonyl (C=O) groups excluding carboxylic acids is 4. The first-order valence-corrected chi connectivity index (χ1v) is 37.9. The molecule has 0 aliphatic carbocycles. The van der Waals surface area contributed by atoms with E-state index in [4.69, 9.17) is 15.3 Å². The number of aliphatic hydroxyl groups is 4. The summed E-state index contributed by atoms with van der Waals surface area (Å²) < 4.78 is 70.7. The van der Waals surface area contributed by atoms with Gasteiger partial charge < -0.3 is 35.4 Å². The van der Waals surface area contributed by atoms with Crippen LogP contribution in [0.5, 0.6) is 0 Å². The van der Waals surface area contributed by atoms with E-state index in [1.54, 1.807) is 42.3 Å². The maximum atomic E-state index is 11.8. The van der Waals surface area contributed by atoms with Gasteiger partial charge in [0, 0.05) is 261 Å². The molecule has 4 N–H and O–H groups in total. The molecule has 27 heteroatoms. The maximum absolute atomic E-state index is 11.8. The second kappa shape index (κ2) is 53.7. The molecule has 0 fully saturated rings. The van der Waals surface area contributed by atoms with Crippen molar-refractivity contribution in [2.45, 2.75) is 40.0 Å². The summed E-state index contributed by atoms with van der Waals surface area (Å²) in [5, 5.41) is 51.8. The second-order valence-corrected chi connectivity index (χ2v) is 27.1. The van der Waals surface area contributed by atoms with E-state index in [0.717, 1.165) is 88.4 Å². The van der Waals surface area contributed by atoms with Crippen LogP contribution >= 0.6 is 11.3 Å². The smallest absolute Gasteiger partial charge is 0.454 e. The number of nitrogens with zero attached hydrogens (tertiary/aromatic N) is 7. The standard InChI is InChI=1S/C19H12N.C15H10N.C13H8N.2C12H8N2.C10H7F3O2.C8H5F3O2S.2C5H8O2.Dy.Eu.2Ir.Tb/c1-2-7-16-13-17(10-9-14(16)5-1)19-18-8-4-3-6-15(18)11-12-20-19;1-2-8-13-12(6-1)7-5-9-14(13)15-10-3-4-11-16-15;1-2-6-12-10(4-1)7-8-11-5-3-9-14-13(11)12;2*1-3-9-5-6-10-4-2-8-14-12(10)11(9)13-7-1;11-10(12,13)9(15)6-8(14)7-4-2-1-3-5-7;9-8(10,11)7(13)4-5(12)6-2-1-3-14-6;2*1-4(6)3-5(2)7;;;;;/h1-9,11-13H;1-8,10-11H;1-5,7-9H;2*1-8H;1-6,14H;1-4,12H;2*3,6H,1-2H3;;;;;/q3*-1;;;;;;;;;;;. The van der Waals surface area contributed by atoms with Crippen LogP contribution < -0.4 is 0 Å². The third kappa shape index (κ3) is 32.5. The number of rotatable bonds is 8. The predicted octanol–water partition coefficient (Wildman–Crippen LogP) is 24.9. The molecule has 18 rings (SSSR count). The fourth-order valence-corrected chi connectivity index (χ4v) is 12.4. The Balaban J connectivity index is 0.000000254. The van der Waals surface area contributed by atoms with Crippen molar-refractivity contribution in [3.05, 3.63) is 392 Å². The van der Waals surface area contributed by atoms with Gasteiger partial charge in [0.15, 0.2) is 11.6 Å². The van der Waals surface area contributed by atoms with Gasteiger partial charge in [0.25, 0.3) is 11.6 Å². The minimum Gasteiger partial charge on any atom is -0.512 e. The Labute approximate surface area is 854 Å². The molecule has 0 bridgehead atoms. The summed E-state index contributed by atoms with van der Waals surface area (Å²) in [5.41, 5.74) is 9.18. The molecule has 0 amide bonds. The monoisotopic (exact) mass is 2500 g/mol. The molecule has 4 radical (unpaired) electrons. The van der Waals surface area contributed by atoms with E-state index < -0.39 is 35.4 Å². The van der Waals surface area contributed by atoms with Gasteiger partial charge in [-0.15, -0.1) is 105 Å². The van der Waals surface area contributed by atoms with Crippen molar-refractivity contribution in [1.29, 1.82) is 0 Å². The molecule has 648 valence electrons. The molecule has 8 aromatic heterocycles. The second-order valence-electron chi connectivity index (χ2n) is 26.1. The summed E-state index contributed by atoms with van der Waals surface area (Å²) in [5.74, 6) is -5.63. The average molecular weight is 2490 g/mol. The van der Waals surface area contributed by atoms with Crippen LogP contribution in [0.3, 0.4) is 0 Å². The fraction of sp³-hybridized carbons (Fsp3) is 0.0606. The number of pyridine rings is 7. The Bertz CT molecular complexity index is 6290. The van der Waals surface area contributed by atoms with E-state index in [0.29, 0.717) is 0 Å². The van der Waals surface area contributed by atoms with Gasteiger partial charge in [-0.25, -0.2) is 0 Å². The van der Waals surface area contributed by atoms with E-state index in [2.05, 4.69) is 193 Å². The molecule has 0 spiro atoms.